The molecule has 0 saturated heterocycles. The lowest BCUT2D eigenvalue weighted by Gasteiger charge is -2.14. The average molecular weight is 448 g/mol. The quantitative estimate of drug-likeness (QED) is 0.619. The van der Waals surface area contributed by atoms with Crippen molar-refractivity contribution >= 4 is 17.1 Å². The fourth-order valence-electron chi connectivity index (χ4n) is 3.88. The van der Waals surface area contributed by atoms with Crippen LogP contribution in [0.3, 0.4) is 0 Å². The van der Waals surface area contributed by atoms with Crippen LogP contribution in [0.2, 0.25) is 0 Å². The van der Waals surface area contributed by atoms with E-state index in [4.69, 9.17) is 0 Å². The van der Waals surface area contributed by atoms with Gasteiger partial charge in [-0.25, -0.2) is 9.97 Å². The number of pyridine rings is 1. The molecule has 2 N–H and O–H groups in total. The monoisotopic (exact) mass is 448 g/mol. The summed E-state index contributed by atoms with van der Waals surface area (Å²) < 4.78 is 42.7. The third-order valence-corrected chi connectivity index (χ3v) is 5.39. The molecule has 0 bridgehead atoms. The van der Waals surface area contributed by atoms with Gasteiger partial charge < -0.3 is 19.7 Å². The van der Waals surface area contributed by atoms with Crippen molar-refractivity contribution in [2.45, 2.75) is 51.6 Å². The summed E-state index contributed by atoms with van der Waals surface area (Å²) in [5.74, 6) is 0.141. The molecule has 1 atom stereocenters. The van der Waals surface area contributed by atoms with Crippen LogP contribution in [0.15, 0.2) is 30.3 Å². The zero-order chi connectivity index (χ0) is 22.9. The number of nitrogens with zero attached hydrogens (tertiary/aromatic N) is 3. The van der Waals surface area contributed by atoms with Crippen molar-refractivity contribution in [2.75, 3.05) is 6.54 Å². The number of aliphatic hydroxyl groups excluding tert-OH is 1. The lowest BCUT2D eigenvalue weighted by Crippen LogP contribution is -2.28. The van der Waals surface area contributed by atoms with Gasteiger partial charge in [0, 0.05) is 25.2 Å². The largest absolute Gasteiger partial charge is 0.573 e. The smallest absolute Gasteiger partial charge is 0.406 e. The normalized spacial score (nSPS) is 15.2. The Kier molecular flexibility index (Phi) is 6.05. The van der Waals surface area contributed by atoms with Crippen LogP contribution in [-0.2, 0) is 13.0 Å². The molecule has 170 valence electrons. The fourth-order valence-corrected chi connectivity index (χ4v) is 3.88. The molecule has 7 nitrogen and oxygen atoms in total. The van der Waals surface area contributed by atoms with Gasteiger partial charge in [0.25, 0.3) is 5.91 Å². The van der Waals surface area contributed by atoms with Crippen LogP contribution in [0.1, 0.15) is 52.8 Å². The standard InChI is InChI=1S/C22H23F3N4O3/c1-13-11-16(19-20(27-13)29-10-4-2-3-5-18(29)28-19)21(31)26-12-17(30)14-6-8-15(9-7-14)32-22(23,24)25/h6-9,11,17,30H,2-5,10,12H2,1H3,(H,26,31). The van der Waals surface area contributed by atoms with E-state index in [1.165, 1.54) is 12.1 Å². The summed E-state index contributed by atoms with van der Waals surface area (Å²) in [6, 6.07) is 6.53. The molecule has 3 heterocycles. The number of ether oxygens (including phenoxy) is 1. The number of hydrogen-bond donors (Lipinski definition) is 2. The fraction of sp³-hybridized carbons (Fsp3) is 0.409. The van der Waals surface area contributed by atoms with Crippen molar-refractivity contribution < 1.29 is 27.8 Å². The predicted molar refractivity (Wildman–Crippen MR) is 110 cm³/mol. The number of hydrogen-bond acceptors (Lipinski definition) is 5. The minimum atomic E-state index is -4.78. The molecule has 1 amide bonds. The van der Waals surface area contributed by atoms with Gasteiger partial charge in [0.05, 0.1) is 11.7 Å². The summed E-state index contributed by atoms with van der Waals surface area (Å²) in [6.45, 7) is 2.51. The molecule has 0 fully saturated rings. The zero-order valence-corrected chi connectivity index (χ0v) is 17.4. The number of imidazole rings is 1. The molecule has 3 aromatic rings. The number of benzene rings is 1. The number of halogens is 3. The minimum absolute atomic E-state index is 0.116. The molecule has 1 aliphatic heterocycles. The molecule has 1 aliphatic rings. The van der Waals surface area contributed by atoms with E-state index in [0.29, 0.717) is 28.0 Å². The first-order chi connectivity index (χ1) is 15.2. The molecule has 1 unspecified atom stereocenters. The molecule has 10 heteroatoms. The Balaban J connectivity index is 1.48. The Morgan fingerprint density at radius 1 is 1.22 bits per heavy atom. The van der Waals surface area contributed by atoms with E-state index in [2.05, 4.69) is 24.6 Å². The number of aryl methyl sites for hydroxylation is 3. The maximum absolute atomic E-state index is 12.9. The molecule has 4 rings (SSSR count). The Labute approximate surface area is 182 Å². The number of aliphatic hydroxyl groups is 1. The number of rotatable bonds is 5. The second-order valence-electron chi connectivity index (χ2n) is 7.82. The van der Waals surface area contributed by atoms with E-state index in [9.17, 15) is 23.1 Å². The van der Waals surface area contributed by atoms with Crippen molar-refractivity contribution in [1.82, 2.24) is 19.9 Å². The summed E-state index contributed by atoms with van der Waals surface area (Å²) in [6.07, 6.45) is -1.84. The topological polar surface area (TPSA) is 89.3 Å². The molecule has 1 aromatic carbocycles. The number of carbonyl (C=O) groups is 1. The van der Waals surface area contributed by atoms with Gasteiger partial charge in [0.15, 0.2) is 5.65 Å². The van der Waals surface area contributed by atoms with Crippen molar-refractivity contribution in [3.8, 4) is 5.75 Å². The van der Waals surface area contributed by atoms with Gasteiger partial charge in [-0.15, -0.1) is 13.2 Å². The number of amides is 1. The van der Waals surface area contributed by atoms with E-state index in [1.807, 2.05) is 6.92 Å². The van der Waals surface area contributed by atoms with Gasteiger partial charge >= 0.3 is 6.36 Å². The van der Waals surface area contributed by atoms with Crippen LogP contribution in [-0.4, -0.2) is 38.5 Å². The minimum Gasteiger partial charge on any atom is -0.406 e. The number of alkyl halides is 3. The Morgan fingerprint density at radius 3 is 2.69 bits per heavy atom. The van der Waals surface area contributed by atoms with Crippen LogP contribution < -0.4 is 10.1 Å². The number of nitrogens with one attached hydrogen (secondary N) is 1. The second kappa shape index (κ2) is 8.78. The third-order valence-electron chi connectivity index (χ3n) is 5.39. The highest BCUT2D eigenvalue weighted by atomic mass is 19.4. The SMILES string of the molecule is Cc1cc(C(=O)NCC(O)c2ccc(OC(F)(F)F)cc2)c2nc3n(c2n1)CCCCC3. The summed E-state index contributed by atoms with van der Waals surface area (Å²) in [7, 11) is 0. The molecule has 0 spiro atoms. The van der Waals surface area contributed by atoms with E-state index >= 15 is 0 Å². The maximum Gasteiger partial charge on any atom is 0.573 e. The summed E-state index contributed by atoms with van der Waals surface area (Å²) in [5, 5.41) is 13.0. The van der Waals surface area contributed by atoms with Crippen LogP contribution in [0.5, 0.6) is 5.75 Å². The zero-order valence-electron chi connectivity index (χ0n) is 17.4. The maximum atomic E-state index is 12.9. The lowest BCUT2D eigenvalue weighted by atomic mass is 10.1. The van der Waals surface area contributed by atoms with Crippen molar-refractivity contribution in [3.05, 3.63) is 53.0 Å². The lowest BCUT2D eigenvalue weighted by molar-refractivity contribution is -0.274. The van der Waals surface area contributed by atoms with Gasteiger partial charge in [-0.05, 0) is 43.5 Å². The van der Waals surface area contributed by atoms with E-state index in [1.54, 1.807) is 6.07 Å². The Morgan fingerprint density at radius 2 is 1.97 bits per heavy atom. The molecular weight excluding hydrogens is 425 g/mol. The number of fused-ring (bicyclic) bond motifs is 3. The molecule has 0 saturated carbocycles. The van der Waals surface area contributed by atoms with Crippen molar-refractivity contribution in [1.29, 1.82) is 0 Å². The molecular formula is C22H23F3N4O3. The summed E-state index contributed by atoms with van der Waals surface area (Å²) >= 11 is 0. The highest BCUT2D eigenvalue weighted by Gasteiger charge is 2.31. The molecule has 32 heavy (non-hydrogen) atoms. The highest BCUT2D eigenvalue weighted by Crippen LogP contribution is 2.26. The van der Waals surface area contributed by atoms with Gasteiger partial charge in [0.1, 0.15) is 17.1 Å². The van der Waals surface area contributed by atoms with E-state index < -0.39 is 18.4 Å². The summed E-state index contributed by atoms with van der Waals surface area (Å²) in [5.41, 5.74) is 2.65. The first kappa shape index (κ1) is 22.1. The van der Waals surface area contributed by atoms with E-state index in [-0.39, 0.29) is 12.3 Å². The highest BCUT2D eigenvalue weighted by molar-refractivity contribution is 6.04. The third kappa shape index (κ3) is 4.85. The Hall–Kier alpha value is -3.14. The Bertz CT molecular complexity index is 1130. The van der Waals surface area contributed by atoms with Gasteiger partial charge in [0.2, 0.25) is 0 Å². The van der Waals surface area contributed by atoms with E-state index in [0.717, 1.165) is 50.2 Å². The average Bonchev–Trinajstić information content (AvgIpc) is 2.91. The van der Waals surface area contributed by atoms with Crippen molar-refractivity contribution in [2.24, 2.45) is 0 Å². The second-order valence-corrected chi connectivity index (χ2v) is 7.82. The van der Waals surface area contributed by atoms with Gasteiger partial charge in [-0.1, -0.05) is 18.6 Å². The first-order valence-corrected chi connectivity index (χ1v) is 10.4. The van der Waals surface area contributed by atoms with Crippen LogP contribution in [0, 0.1) is 6.92 Å². The van der Waals surface area contributed by atoms with Crippen molar-refractivity contribution in [3.63, 3.8) is 0 Å². The number of carbonyl (C=O) groups excluding carboxylic acids is 1. The van der Waals surface area contributed by atoms with Crippen LogP contribution >= 0.6 is 0 Å². The predicted octanol–water partition coefficient (Wildman–Crippen LogP) is 3.83. The molecule has 0 radical (unpaired) electrons. The summed E-state index contributed by atoms with van der Waals surface area (Å²) in [4.78, 5) is 22.2. The first-order valence-electron chi connectivity index (χ1n) is 10.4. The van der Waals surface area contributed by atoms with Crippen LogP contribution in [0.25, 0.3) is 11.2 Å². The van der Waals surface area contributed by atoms with Gasteiger partial charge in [-0.3, -0.25) is 4.79 Å². The van der Waals surface area contributed by atoms with Gasteiger partial charge in [-0.2, -0.15) is 0 Å². The van der Waals surface area contributed by atoms with Crippen LogP contribution in [0.4, 0.5) is 13.2 Å². The molecule has 0 aliphatic carbocycles. The molecule has 2 aromatic heterocycles. The number of aromatic nitrogens is 3.